The van der Waals surface area contributed by atoms with E-state index in [1.165, 1.54) is 6.08 Å². The fourth-order valence-corrected chi connectivity index (χ4v) is 0. The summed E-state index contributed by atoms with van der Waals surface area (Å²) >= 11 is 0. The Morgan fingerprint density at radius 3 is 2.00 bits per heavy atom. The molecule has 0 spiro atoms. The van der Waals surface area contributed by atoms with Gasteiger partial charge in [0.2, 0.25) is 0 Å². The normalized spacial score (nSPS) is 11.7. The average Bonchev–Trinajstić information content (AvgIpc) is 1.38. The van der Waals surface area contributed by atoms with Crippen molar-refractivity contribution in [2.75, 3.05) is 0 Å². The van der Waals surface area contributed by atoms with Crippen LogP contribution in [0.5, 0.6) is 0 Å². The van der Waals surface area contributed by atoms with Gasteiger partial charge in [-0.3, -0.25) is 0 Å². The Balaban J connectivity index is 0. The lowest BCUT2D eigenvalue weighted by atomic mass is 10.7. The van der Waals surface area contributed by atoms with Gasteiger partial charge in [0.05, 0.1) is 5.85 Å². The van der Waals surface area contributed by atoms with E-state index in [9.17, 15) is 0 Å². The third kappa shape index (κ3) is 8.83. The summed E-state index contributed by atoms with van der Waals surface area (Å²) < 4.78 is 0. The molecule has 0 amide bonds. The second-order valence-electron chi connectivity index (χ2n) is 0.726. The molecule has 6 heavy (non-hydrogen) atoms. The van der Waals surface area contributed by atoms with E-state index < -0.39 is 5.85 Å². The Labute approximate surface area is 46.1 Å². The van der Waals surface area contributed by atoms with Crippen LogP contribution in [0.25, 0.3) is 0 Å². The summed E-state index contributed by atoms with van der Waals surface area (Å²) in [7, 11) is 2.17. The highest BCUT2D eigenvalue weighted by Crippen LogP contribution is 1.90. The van der Waals surface area contributed by atoms with Crippen LogP contribution in [0.3, 0.4) is 0 Å². The highest BCUT2D eigenvalue weighted by atomic mass is 35.5. The van der Waals surface area contributed by atoms with Gasteiger partial charge in [-0.25, -0.2) is 0 Å². The summed E-state index contributed by atoms with van der Waals surface area (Å²) in [6.07, 6.45) is 1.44. The summed E-state index contributed by atoms with van der Waals surface area (Å²) in [5.74, 6) is -0.435. The molecular weight excluding hydrogens is 118 g/mol. The van der Waals surface area contributed by atoms with E-state index in [-0.39, 0.29) is 12.4 Å². The molecule has 1 N–H and O–H groups in total. The lowest BCUT2D eigenvalue weighted by Gasteiger charge is -1.84. The van der Waals surface area contributed by atoms with E-state index in [0.29, 0.717) is 0 Å². The summed E-state index contributed by atoms with van der Waals surface area (Å²) in [4.78, 5) is 0. The lowest BCUT2D eigenvalue weighted by molar-refractivity contribution is 0.309. The molecule has 0 aliphatic carbocycles. The van der Waals surface area contributed by atoms with Crippen molar-refractivity contribution in [3.63, 3.8) is 0 Å². The second-order valence-corrected chi connectivity index (χ2v) is 1.41. The molecule has 0 radical (unpaired) electrons. The van der Waals surface area contributed by atoms with Crippen LogP contribution < -0.4 is 0 Å². The molecule has 0 fully saturated rings. The molecule has 2 unspecified atom stereocenters. The smallest absolute Gasteiger partial charge is 0.0850 e. The maximum absolute atomic E-state index is 8.21. The zero-order chi connectivity index (χ0) is 4.28. The van der Waals surface area contributed by atoms with Gasteiger partial charge in [0.15, 0.2) is 0 Å². The van der Waals surface area contributed by atoms with Gasteiger partial charge in [-0.05, 0) is 0 Å². The summed E-state index contributed by atoms with van der Waals surface area (Å²) in [6, 6.07) is 0. The standard InChI is InChI=1S/C3H7OP.ClH/c1-2-3(4)5;/h2-4H,1,5H2;1H. The Hall–Kier alpha value is 0.420. The molecule has 0 bridgehead atoms. The van der Waals surface area contributed by atoms with Gasteiger partial charge in [0, 0.05) is 0 Å². The molecule has 0 rings (SSSR count). The Kier molecular flexibility index (Phi) is 8.72. The van der Waals surface area contributed by atoms with E-state index in [2.05, 4.69) is 15.8 Å². The van der Waals surface area contributed by atoms with Crippen molar-refractivity contribution in [3.05, 3.63) is 12.7 Å². The van der Waals surface area contributed by atoms with Crippen LogP contribution in [-0.2, 0) is 0 Å². The van der Waals surface area contributed by atoms with Gasteiger partial charge in [-0.2, -0.15) is 0 Å². The molecule has 0 aliphatic rings. The van der Waals surface area contributed by atoms with Crippen molar-refractivity contribution in [1.29, 1.82) is 0 Å². The van der Waals surface area contributed by atoms with Crippen LogP contribution in [0, 0.1) is 0 Å². The van der Waals surface area contributed by atoms with Crippen LogP contribution in [0.1, 0.15) is 0 Å². The van der Waals surface area contributed by atoms with Crippen LogP contribution in [-0.4, -0.2) is 11.0 Å². The monoisotopic (exact) mass is 126 g/mol. The number of hydrogen-bond acceptors (Lipinski definition) is 1. The zero-order valence-electron chi connectivity index (χ0n) is 3.29. The number of rotatable bonds is 1. The van der Waals surface area contributed by atoms with Gasteiger partial charge in [-0.15, -0.1) is 28.2 Å². The predicted molar refractivity (Wildman–Crippen MR) is 33.2 cm³/mol. The molecule has 0 saturated carbocycles. The molecule has 1 nitrogen and oxygen atoms in total. The predicted octanol–water partition coefficient (Wildman–Crippen LogP) is 0.788. The van der Waals surface area contributed by atoms with Crippen LogP contribution >= 0.6 is 21.6 Å². The molecule has 0 saturated heterocycles. The highest BCUT2D eigenvalue weighted by molar-refractivity contribution is 7.17. The minimum absolute atomic E-state index is 0. The number of aliphatic hydroxyl groups excluding tert-OH is 1. The highest BCUT2D eigenvalue weighted by Gasteiger charge is 1.75. The van der Waals surface area contributed by atoms with Crippen molar-refractivity contribution in [2.45, 2.75) is 5.85 Å². The van der Waals surface area contributed by atoms with Gasteiger partial charge in [0.1, 0.15) is 0 Å². The molecule has 0 aromatic rings. The molecular formula is C3H8ClOP. The first-order valence-electron chi connectivity index (χ1n) is 1.33. The second kappa shape index (κ2) is 5.42. The minimum Gasteiger partial charge on any atom is -0.385 e. The first kappa shape index (κ1) is 9.65. The maximum Gasteiger partial charge on any atom is 0.0850 e. The first-order valence-corrected chi connectivity index (χ1v) is 2.00. The summed E-state index contributed by atoms with van der Waals surface area (Å²) in [5, 5.41) is 8.21. The first-order chi connectivity index (χ1) is 2.27. The molecule has 38 valence electrons. The largest absolute Gasteiger partial charge is 0.385 e. The van der Waals surface area contributed by atoms with Gasteiger partial charge < -0.3 is 5.11 Å². The number of aliphatic hydroxyl groups is 1. The van der Waals surface area contributed by atoms with Gasteiger partial charge in [0.25, 0.3) is 0 Å². The fourth-order valence-electron chi connectivity index (χ4n) is 0. The van der Waals surface area contributed by atoms with Gasteiger partial charge in [-0.1, -0.05) is 6.08 Å². The SMILES string of the molecule is C=CC(O)P.Cl. The van der Waals surface area contributed by atoms with E-state index in [0.717, 1.165) is 0 Å². The maximum atomic E-state index is 8.21. The molecule has 2 atom stereocenters. The van der Waals surface area contributed by atoms with Crippen LogP contribution in [0.4, 0.5) is 0 Å². The van der Waals surface area contributed by atoms with E-state index in [1.807, 2.05) is 0 Å². The van der Waals surface area contributed by atoms with E-state index >= 15 is 0 Å². The molecule has 0 aromatic heterocycles. The van der Waals surface area contributed by atoms with Crippen LogP contribution in [0.2, 0.25) is 0 Å². The Morgan fingerprint density at radius 2 is 2.00 bits per heavy atom. The third-order valence-electron chi connectivity index (χ3n) is 0.241. The number of hydrogen-bond donors (Lipinski definition) is 1. The zero-order valence-corrected chi connectivity index (χ0v) is 5.27. The van der Waals surface area contributed by atoms with Crippen molar-refractivity contribution < 1.29 is 5.11 Å². The van der Waals surface area contributed by atoms with Crippen molar-refractivity contribution >= 4 is 21.6 Å². The van der Waals surface area contributed by atoms with E-state index in [1.54, 1.807) is 0 Å². The Morgan fingerprint density at radius 1 is 1.83 bits per heavy atom. The van der Waals surface area contributed by atoms with Gasteiger partial charge >= 0.3 is 0 Å². The Bertz CT molecular complexity index is 37.8. The molecule has 0 aliphatic heterocycles. The van der Waals surface area contributed by atoms with Crippen molar-refractivity contribution in [2.24, 2.45) is 0 Å². The quantitative estimate of drug-likeness (QED) is 0.407. The van der Waals surface area contributed by atoms with Crippen molar-refractivity contribution in [1.82, 2.24) is 0 Å². The molecule has 0 heterocycles. The van der Waals surface area contributed by atoms with Crippen molar-refractivity contribution in [3.8, 4) is 0 Å². The topological polar surface area (TPSA) is 20.2 Å². The number of halogens is 1. The minimum atomic E-state index is -0.435. The third-order valence-corrected chi connectivity index (χ3v) is 0.514. The lowest BCUT2D eigenvalue weighted by Crippen LogP contribution is -1.82. The molecule has 3 heteroatoms. The van der Waals surface area contributed by atoms with E-state index in [4.69, 9.17) is 5.11 Å². The average molecular weight is 127 g/mol. The van der Waals surface area contributed by atoms with Crippen LogP contribution in [0.15, 0.2) is 12.7 Å². The fraction of sp³-hybridized carbons (Fsp3) is 0.333. The summed E-state index contributed by atoms with van der Waals surface area (Å²) in [6.45, 7) is 3.29. The summed E-state index contributed by atoms with van der Waals surface area (Å²) in [5.41, 5.74) is 0. The molecule has 0 aromatic carbocycles.